The molecule has 0 amide bonds. The van der Waals surface area contributed by atoms with E-state index in [1.54, 1.807) is 7.11 Å². The van der Waals surface area contributed by atoms with Crippen LogP contribution >= 0.6 is 0 Å². The minimum Gasteiger partial charge on any atom is -0.382 e. The van der Waals surface area contributed by atoms with Gasteiger partial charge in [-0.05, 0) is 13.8 Å². The third kappa shape index (κ3) is 2.77. The van der Waals surface area contributed by atoms with E-state index < -0.39 is 0 Å². The number of rotatable bonds is 2. The first-order valence-corrected chi connectivity index (χ1v) is 4.01. The summed E-state index contributed by atoms with van der Waals surface area (Å²) in [4.78, 5) is 0. The van der Waals surface area contributed by atoms with Gasteiger partial charge in [-0.25, -0.2) is 0 Å². The average molecular weight is 159 g/mol. The lowest BCUT2D eigenvalue weighted by Gasteiger charge is -2.36. The molecule has 1 aliphatic rings. The molecule has 0 aromatic rings. The molecule has 1 atom stereocenters. The van der Waals surface area contributed by atoms with Gasteiger partial charge in [-0.1, -0.05) is 0 Å². The molecule has 0 aromatic heterocycles. The van der Waals surface area contributed by atoms with Crippen LogP contribution in [0.5, 0.6) is 0 Å². The van der Waals surface area contributed by atoms with Gasteiger partial charge < -0.3 is 14.8 Å². The number of hydrogen-bond acceptors (Lipinski definition) is 3. The zero-order valence-electron chi connectivity index (χ0n) is 7.52. The molecule has 0 radical (unpaired) electrons. The van der Waals surface area contributed by atoms with Gasteiger partial charge in [0.15, 0.2) is 0 Å². The van der Waals surface area contributed by atoms with Gasteiger partial charge in [0.1, 0.15) is 0 Å². The summed E-state index contributed by atoms with van der Waals surface area (Å²) in [5.41, 5.74) is -0.0402. The average Bonchev–Trinajstić information content (AvgIpc) is 1.85. The second kappa shape index (κ2) is 3.52. The summed E-state index contributed by atoms with van der Waals surface area (Å²) in [6.45, 7) is 6.67. The molecule has 1 saturated heterocycles. The minimum atomic E-state index is -0.0402. The van der Waals surface area contributed by atoms with Crippen molar-refractivity contribution < 1.29 is 9.47 Å². The third-order valence-electron chi connectivity index (χ3n) is 1.76. The van der Waals surface area contributed by atoms with Crippen LogP contribution in [0.1, 0.15) is 13.8 Å². The maximum atomic E-state index is 5.73. The standard InChI is InChI=1S/C8H17NO2/c1-8(2)6-9-4-7(11-8)5-10-3/h7,9H,4-6H2,1-3H3/t7-/m0/s1. The van der Waals surface area contributed by atoms with Crippen molar-refractivity contribution >= 4 is 0 Å². The molecule has 1 heterocycles. The molecule has 0 saturated carbocycles. The Bertz CT molecular complexity index is 123. The molecule has 0 aromatic carbocycles. The number of methoxy groups -OCH3 is 1. The molecular weight excluding hydrogens is 142 g/mol. The Morgan fingerprint density at radius 1 is 1.64 bits per heavy atom. The highest BCUT2D eigenvalue weighted by Crippen LogP contribution is 2.14. The van der Waals surface area contributed by atoms with Gasteiger partial charge in [-0.3, -0.25) is 0 Å². The topological polar surface area (TPSA) is 30.5 Å². The summed E-state index contributed by atoms with van der Waals surface area (Å²) < 4.78 is 10.7. The van der Waals surface area contributed by atoms with Crippen LogP contribution in [-0.2, 0) is 9.47 Å². The molecule has 1 N–H and O–H groups in total. The molecule has 1 rings (SSSR count). The van der Waals surface area contributed by atoms with Gasteiger partial charge in [0.25, 0.3) is 0 Å². The van der Waals surface area contributed by atoms with Crippen molar-refractivity contribution in [2.75, 3.05) is 26.8 Å². The molecule has 0 spiro atoms. The molecule has 1 aliphatic heterocycles. The Morgan fingerprint density at radius 2 is 2.36 bits per heavy atom. The highest BCUT2D eigenvalue weighted by Gasteiger charge is 2.27. The van der Waals surface area contributed by atoms with Gasteiger partial charge in [-0.15, -0.1) is 0 Å². The predicted octanol–water partition coefficient (Wildman–Crippen LogP) is 0.400. The first-order valence-electron chi connectivity index (χ1n) is 4.01. The number of hydrogen-bond donors (Lipinski definition) is 1. The lowest BCUT2D eigenvalue weighted by molar-refractivity contribution is -0.115. The smallest absolute Gasteiger partial charge is 0.0940 e. The van der Waals surface area contributed by atoms with Gasteiger partial charge in [-0.2, -0.15) is 0 Å². The zero-order chi connectivity index (χ0) is 8.32. The second-order valence-corrected chi connectivity index (χ2v) is 3.59. The summed E-state index contributed by atoms with van der Waals surface area (Å²) in [5, 5.41) is 3.30. The van der Waals surface area contributed by atoms with Crippen LogP contribution in [0.4, 0.5) is 0 Å². The maximum absolute atomic E-state index is 5.73. The fraction of sp³-hybridized carbons (Fsp3) is 1.00. The first kappa shape index (κ1) is 8.97. The van der Waals surface area contributed by atoms with E-state index >= 15 is 0 Å². The van der Waals surface area contributed by atoms with Crippen molar-refractivity contribution in [1.82, 2.24) is 5.32 Å². The maximum Gasteiger partial charge on any atom is 0.0940 e. The second-order valence-electron chi connectivity index (χ2n) is 3.59. The van der Waals surface area contributed by atoms with E-state index in [0.29, 0.717) is 6.61 Å². The van der Waals surface area contributed by atoms with E-state index in [1.807, 2.05) is 0 Å². The lowest BCUT2D eigenvalue weighted by atomic mass is 10.1. The van der Waals surface area contributed by atoms with Crippen molar-refractivity contribution in [2.24, 2.45) is 0 Å². The van der Waals surface area contributed by atoms with Gasteiger partial charge in [0, 0.05) is 20.2 Å². The summed E-state index contributed by atoms with van der Waals surface area (Å²) in [6, 6.07) is 0. The minimum absolute atomic E-state index is 0.0402. The molecule has 0 unspecified atom stereocenters. The van der Waals surface area contributed by atoms with Crippen molar-refractivity contribution in [3.63, 3.8) is 0 Å². The monoisotopic (exact) mass is 159 g/mol. The van der Waals surface area contributed by atoms with E-state index in [1.165, 1.54) is 0 Å². The van der Waals surface area contributed by atoms with Crippen LogP contribution in [0.15, 0.2) is 0 Å². The van der Waals surface area contributed by atoms with Crippen LogP contribution in [0, 0.1) is 0 Å². The number of ether oxygens (including phenoxy) is 2. The summed E-state index contributed by atoms with van der Waals surface area (Å²) in [6.07, 6.45) is 0.212. The van der Waals surface area contributed by atoms with Crippen molar-refractivity contribution in [2.45, 2.75) is 25.6 Å². The largest absolute Gasteiger partial charge is 0.382 e. The number of morpholine rings is 1. The fourth-order valence-corrected chi connectivity index (χ4v) is 1.35. The van der Waals surface area contributed by atoms with Crippen LogP contribution in [0.3, 0.4) is 0 Å². The summed E-state index contributed by atoms with van der Waals surface area (Å²) >= 11 is 0. The van der Waals surface area contributed by atoms with Crippen molar-refractivity contribution in [3.8, 4) is 0 Å². The number of nitrogens with one attached hydrogen (secondary N) is 1. The highest BCUT2D eigenvalue weighted by molar-refractivity contribution is 4.80. The molecule has 1 fully saturated rings. The normalized spacial score (nSPS) is 30.3. The molecule has 11 heavy (non-hydrogen) atoms. The van der Waals surface area contributed by atoms with E-state index in [4.69, 9.17) is 9.47 Å². The van der Waals surface area contributed by atoms with E-state index in [2.05, 4.69) is 19.2 Å². The van der Waals surface area contributed by atoms with Gasteiger partial charge >= 0.3 is 0 Å². The zero-order valence-corrected chi connectivity index (χ0v) is 7.52. The molecule has 3 nitrogen and oxygen atoms in total. The Balaban J connectivity index is 2.34. The Labute approximate surface area is 68.1 Å². The van der Waals surface area contributed by atoms with Crippen molar-refractivity contribution in [1.29, 1.82) is 0 Å². The molecule has 0 bridgehead atoms. The lowest BCUT2D eigenvalue weighted by Crippen LogP contribution is -2.51. The highest BCUT2D eigenvalue weighted by atomic mass is 16.5. The molecule has 3 heteroatoms. The van der Waals surface area contributed by atoms with Crippen molar-refractivity contribution in [3.05, 3.63) is 0 Å². The fourth-order valence-electron chi connectivity index (χ4n) is 1.35. The van der Waals surface area contributed by atoms with Gasteiger partial charge in [0.05, 0.1) is 18.3 Å². The van der Waals surface area contributed by atoms with Crippen LogP contribution in [-0.4, -0.2) is 38.5 Å². The van der Waals surface area contributed by atoms with E-state index in [-0.39, 0.29) is 11.7 Å². The Hall–Kier alpha value is -0.120. The van der Waals surface area contributed by atoms with Gasteiger partial charge in [0.2, 0.25) is 0 Å². The van der Waals surface area contributed by atoms with E-state index in [0.717, 1.165) is 13.1 Å². The summed E-state index contributed by atoms with van der Waals surface area (Å²) in [5.74, 6) is 0. The SMILES string of the molecule is COC[C@@H]1CNCC(C)(C)O1. The Morgan fingerprint density at radius 3 is 2.91 bits per heavy atom. The van der Waals surface area contributed by atoms with Crippen LogP contribution in [0.25, 0.3) is 0 Å². The molecular formula is C8H17NO2. The van der Waals surface area contributed by atoms with Crippen LogP contribution < -0.4 is 5.32 Å². The Kier molecular flexibility index (Phi) is 2.87. The first-order chi connectivity index (χ1) is 5.14. The summed E-state index contributed by atoms with van der Waals surface area (Å²) in [7, 11) is 1.70. The predicted molar refractivity (Wildman–Crippen MR) is 43.7 cm³/mol. The van der Waals surface area contributed by atoms with Crippen LogP contribution in [0.2, 0.25) is 0 Å². The molecule has 0 aliphatic carbocycles. The molecule has 66 valence electrons. The third-order valence-corrected chi connectivity index (χ3v) is 1.76. The quantitative estimate of drug-likeness (QED) is 0.632. The van der Waals surface area contributed by atoms with E-state index in [9.17, 15) is 0 Å².